The van der Waals surface area contributed by atoms with Crippen molar-refractivity contribution < 1.29 is 22.7 Å². The highest BCUT2D eigenvalue weighted by molar-refractivity contribution is 8.02. The van der Waals surface area contributed by atoms with Gasteiger partial charge in [-0.1, -0.05) is 0 Å². The fourth-order valence-electron chi connectivity index (χ4n) is 4.82. The third-order valence-electron chi connectivity index (χ3n) is 6.94. The highest BCUT2D eigenvalue weighted by Crippen LogP contribution is 2.39. The maximum Gasteiger partial charge on any atom is 0.298 e. The van der Waals surface area contributed by atoms with Crippen molar-refractivity contribution in [3.63, 3.8) is 0 Å². The van der Waals surface area contributed by atoms with Crippen LogP contribution in [0.3, 0.4) is 0 Å². The zero-order valence-electron chi connectivity index (χ0n) is 20.9. The smallest absolute Gasteiger partial charge is 0.298 e. The number of ether oxygens (including phenoxy) is 1. The van der Waals surface area contributed by atoms with Gasteiger partial charge in [0.25, 0.3) is 17.8 Å². The number of nitrogens with zero attached hydrogens (tertiary/aromatic N) is 4. The van der Waals surface area contributed by atoms with Gasteiger partial charge in [0.05, 0.1) is 24.6 Å². The molecule has 0 spiro atoms. The molecule has 2 saturated heterocycles. The second-order valence-electron chi connectivity index (χ2n) is 9.65. The highest BCUT2D eigenvalue weighted by Gasteiger charge is 2.35. The number of aromatic nitrogens is 2. The maximum absolute atomic E-state index is 13.9. The minimum atomic E-state index is -2.68. The first kappa shape index (κ1) is 24.9. The number of benzene rings is 1. The summed E-state index contributed by atoms with van der Waals surface area (Å²) in [6.07, 6.45) is 1.26. The number of amides is 1. The molecule has 1 aromatic carbocycles. The molecule has 6 rings (SSSR count). The Bertz CT molecular complexity index is 1380. The number of pyridine rings is 1. The summed E-state index contributed by atoms with van der Waals surface area (Å²) >= 11 is 1.51. The van der Waals surface area contributed by atoms with Gasteiger partial charge in [0.1, 0.15) is 16.6 Å². The van der Waals surface area contributed by atoms with Gasteiger partial charge in [0.2, 0.25) is 0 Å². The van der Waals surface area contributed by atoms with Crippen molar-refractivity contribution in [3.8, 4) is 0 Å². The Morgan fingerprint density at radius 1 is 1.16 bits per heavy atom. The van der Waals surface area contributed by atoms with E-state index in [0.717, 1.165) is 11.3 Å². The molecule has 3 aliphatic heterocycles. The standard InChI is InChI=1S/C26H28F2N6O3S/c1-16-12-17(2-5-29-16)24-31-20(15-38-24)23(35)30-18-14-22-19(32-25(37-22)34-8-10-36-11-9-34)13-21(18)33-6-3-26(27,28)4-7-33/h2,5,12-15,24,31H,3-4,6-11H2,1H3,(H,30,35). The second-order valence-corrected chi connectivity index (χ2v) is 10.6. The molecule has 1 amide bonds. The lowest BCUT2D eigenvalue weighted by Gasteiger charge is -2.34. The van der Waals surface area contributed by atoms with E-state index in [0.29, 0.717) is 60.5 Å². The number of nitrogens with one attached hydrogen (secondary N) is 2. The van der Waals surface area contributed by atoms with Crippen molar-refractivity contribution >= 4 is 46.2 Å². The van der Waals surface area contributed by atoms with Crippen molar-refractivity contribution in [1.29, 1.82) is 0 Å². The summed E-state index contributed by atoms with van der Waals surface area (Å²) in [5.41, 5.74) is 4.62. The number of thioether (sulfide) groups is 1. The van der Waals surface area contributed by atoms with E-state index in [9.17, 15) is 13.6 Å². The second kappa shape index (κ2) is 10.1. The molecule has 1 atom stereocenters. The number of morpholine rings is 1. The van der Waals surface area contributed by atoms with Gasteiger partial charge in [0, 0.05) is 62.4 Å². The third kappa shape index (κ3) is 5.14. The monoisotopic (exact) mass is 542 g/mol. The van der Waals surface area contributed by atoms with Gasteiger partial charge >= 0.3 is 0 Å². The van der Waals surface area contributed by atoms with Crippen molar-refractivity contribution in [2.45, 2.75) is 31.1 Å². The first-order valence-electron chi connectivity index (χ1n) is 12.6. The topological polar surface area (TPSA) is 95.8 Å². The molecule has 3 aliphatic rings. The summed E-state index contributed by atoms with van der Waals surface area (Å²) in [7, 11) is 0. The molecular formula is C26H28F2N6O3S. The summed E-state index contributed by atoms with van der Waals surface area (Å²) in [6, 6.07) is 7.93. The number of carbonyl (C=O) groups is 1. The lowest BCUT2D eigenvalue weighted by atomic mass is 10.1. The zero-order valence-corrected chi connectivity index (χ0v) is 21.7. The average Bonchev–Trinajstić information content (AvgIpc) is 3.57. The first-order chi connectivity index (χ1) is 18.3. The van der Waals surface area contributed by atoms with E-state index < -0.39 is 5.92 Å². The van der Waals surface area contributed by atoms with E-state index in [1.165, 1.54) is 11.8 Å². The number of piperidine rings is 1. The number of hydrogen-bond donors (Lipinski definition) is 2. The lowest BCUT2D eigenvalue weighted by Crippen LogP contribution is -2.39. The SMILES string of the molecule is Cc1cc(C2NC(C(=O)Nc3cc4oc(N5CCOCC5)nc4cc3N3CCC(F)(F)CC3)=CS2)ccn1. The quantitative estimate of drug-likeness (QED) is 0.486. The van der Waals surface area contributed by atoms with Gasteiger partial charge in [-0.25, -0.2) is 8.78 Å². The van der Waals surface area contributed by atoms with E-state index in [4.69, 9.17) is 9.15 Å². The van der Waals surface area contributed by atoms with Gasteiger partial charge in [0.15, 0.2) is 5.58 Å². The lowest BCUT2D eigenvalue weighted by molar-refractivity contribution is -0.113. The number of aryl methyl sites for hydroxylation is 1. The van der Waals surface area contributed by atoms with Gasteiger partial charge in [-0.15, -0.1) is 11.8 Å². The summed E-state index contributed by atoms with van der Waals surface area (Å²) in [4.78, 5) is 26.1. The average molecular weight is 543 g/mol. The summed E-state index contributed by atoms with van der Waals surface area (Å²) in [6.45, 7) is 4.79. The molecule has 0 saturated carbocycles. The van der Waals surface area contributed by atoms with Crippen molar-refractivity contribution in [3.05, 3.63) is 52.8 Å². The van der Waals surface area contributed by atoms with E-state index >= 15 is 0 Å². The maximum atomic E-state index is 13.9. The Morgan fingerprint density at radius 2 is 1.95 bits per heavy atom. The largest absolute Gasteiger partial charge is 0.423 e. The number of hydrogen-bond acceptors (Lipinski definition) is 9. The predicted octanol–water partition coefficient (Wildman–Crippen LogP) is 4.42. The molecular weight excluding hydrogens is 514 g/mol. The summed E-state index contributed by atoms with van der Waals surface area (Å²) in [5, 5.41) is 7.94. The van der Waals surface area contributed by atoms with Crippen LogP contribution in [-0.4, -0.2) is 61.2 Å². The predicted molar refractivity (Wildman–Crippen MR) is 143 cm³/mol. The normalized spacial score (nSPS) is 21.3. The van der Waals surface area contributed by atoms with E-state index in [2.05, 4.69) is 20.6 Å². The summed E-state index contributed by atoms with van der Waals surface area (Å²) < 4.78 is 39.3. The van der Waals surface area contributed by atoms with E-state index in [1.807, 2.05) is 34.9 Å². The number of halogens is 2. The highest BCUT2D eigenvalue weighted by atomic mass is 32.2. The Hall–Kier alpha value is -3.38. The molecule has 200 valence electrons. The molecule has 12 heteroatoms. The van der Waals surface area contributed by atoms with Gasteiger partial charge in [-0.05, 0) is 30.7 Å². The molecule has 0 radical (unpaired) electrons. The number of anilines is 3. The Morgan fingerprint density at radius 3 is 2.71 bits per heavy atom. The number of oxazole rings is 1. The first-order valence-corrected chi connectivity index (χ1v) is 13.6. The molecule has 38 heavy (non-hydrogen) atoms. The molecule has 0 aliphatic carbocycles. The van der Waals surface area contributed by atoms with Crippen LogP contribution in [0.4, 0.5) is 26.2 Å². The zero-order chi connectivity index (χ0) is 26.3. The molecule has 2 aromatic heterocycles. The van der Waals surface area contributed by atoms with Crippen LogP contribution in [-0.2, 0) is 9.53 Å². The number of rotatable bonds is 5. The Labute approximate surface area is 222 Å². The van der Waals surface area contributed by atoms with Crippen LogP contribution >= 0.6 is 11.8 Å². The molecule has 5 heterocycles. The number of alkyl halides is 2. The van der Waals surface area contributed by atoms with Gasteiger partial charge in [-0.2, -0.15) is 4.98 Å². The molecule has 3 aromatic rings. The van der Waals surface area contributed by atoms with Crippen LogP contribution in [0.1, 0.15) is 29.5 Å². The number of fused-ring (bicyclic) bond motifs is 1. The van der Waals surface area contributed by atoms with Gasteiger partial charge in [-0.3, -0.25) is 9.78 Å². The molecule has 0 bridgehead atoms. The fraction of sp³-hybridized carbons (Fsp3) is 0.423. The van der Waals surface area contributed by atoms with E-state index in [1.54, 1.807) is 17.7 Å². The molecule has 2 fully saturated rings. The van der Waals surface area contributed by atoms with Crippen molar-refractivity contribution in [1.82, 2.24) is 15.3 Å². The molecule has 2 N–H and O–H groups in total. The summed E-state index contributed by atoms with van der Waals surface area (Å²) in [5.74, 6) is -3.00. The van der Waals surface area contributed by atoms with Crippen LogP contribution in [0.15, 0.2) is 46.0 Å². The van der Waals surface area contributed by atoms with Crippen LogP contribution in [0, 0.1) is 6.92 Å². The van der Waals surface area contributed by atoms with Crippen LogP contribution < -0.4 is 20.4 Å². The van der Waals surface area contributed by atoms with E-state index in [-0.39, 0.29) is 37.2 Å². The molecule has 9 nitrogen and oxygen atoms in total. The van der Waals surface area contributed by atoms with Crippen molar-refractivity contribution in [2.24, 2.45) is 0 Å². The van der Waals surface area contributed by atoms with Crippen molar-refractivity contribution in [2.75, 3.05) is 54.5 Å². The van der Waals surface area contributed by atoms with Crippen LogP contribution in [0.25, 0.3) is 11.1 Å². The van der Waals surface area contributed by atoms with Gasteiger partial charge < -0.3 is 29.6 Å². The van der Waals surface area contributed by atoms with Crippen LogP contribution in [0.5, 0.6) is 0 Å². The number of carbonyl (C=O) groups excluding carboxylic acids is 1. The Balaban J connectivity index is 1.26. The minimum Gasteiger partial charge on any atom is -0.423 e. The third-order valence-corrected chi connectivity index (χ3v) is 7.97. The molecule has 1 unspecified atom stereocenters. The van der Waals surface area contributed by atoms with Crippen LogP contribution in [0.2, 0.25) is 0 Å². The minimum absolute atomic E-state index is 0.103. The Kier molecular flexibility index (Phi) is 6.60. The fourth-order valence-corrected chi connectivity index (χ4v) is 5.77.